The zero-order valence-electron chi connectivity index (χ0n) is 14.9. The molecular weight excluding hydrogens is 320 g/mol. The van der Waals surface area contributed by atoms with Crippen LogP contribution in [0.4, 0.5) is 10.5 Å². The van der Waals surface area contributed by atoms with Crippen LogP contribution < -0.4 is 10.6 Å². The largest absolute Gasteiger partial charge is 0.383 e. The van der Waals surface area contributed by atoms with E-state index in [0.717, 1.165) is 57.2 Å². The predicted octanol–water partition coefficient (Wildman–Crippen LogP) is 0.971. The third-order valence-electron chi connectivity index (χ3n) is 4.76. The summed E-state index contributed by atoms with van der Waals surface area (Å²) < 4.78 is 10.5. The van der Waals surface area contributed by atoms with Crippen LogP contribution in [0.2, 0.25) is 0 Å². The monoisotopic (exact) mass is 348 g/mol. The molecule has 7 heteroatoms. The third-order valence-corrected chi connectivity index (χ3v) is 4.76. The molecule has 0 aliphatic carbocycles. The maximum atomic E-state index is 12.4. The predicted molar refractivity (Wildman–Crippen MR) is 96.8 cm³/mol. The van der Waals surface area contributed by atoms with Crippen LogP contribution >= 0.6 is 0 Å². The molecule has 1 unspecified atom stereocenters. The zero-order chi connectivity index (χ0) is 17.5. The number of nitrogens with one attached hydrogen (secondary N) is 2. The molecule has 2 heterocycles. The van der Waals surface area contributed by atoms with Gasteiger partial charge in [-0.1, -0.05) is 12.1 Å². The number of benzene rings is 1. The van der Waals surface area contributed by atoms with Crippen molar-refractivity contribution in [2.24, 2.45) is 0 Å². The molecule has 0 saturated carbocycles. The van der Waals surface area contributed by atoms with Crippen molar-refractivity contribution in [3.05, 3.63) is 29.8 Å². The Balaban J connectivity index is 1.42. The summed E-state index contributed by atoms with van der Waals surface area (Å²) in [5, 5.41) is 6.30. The van der Waals surface area contributed by atoms with Gasteiger partial charge in [0.05, 0.1) is 25.9 Å². The molecule has 0 radical (unpaired) electrons. The van der Waals surface area contributed by atoms with Gasteiger partial charge in [-0.2, -0.15) is 0 Å². The molecule has 138 valence electrons. The first-order valence-electron chi connectivity index (χ1n) is 8.92. The van der Waals surface area contributed by atoms with Crippen LogP contribution in [0.25, 0.3) is 0 Å². The first kappa shape index (κ1) is 18.0. The number of rotatable bonds is 6. The van der Waals surface area contributed by atoms with E-state index in [1.165, 1.54) is 0 Å². The molecule has 2 aliphatic rings. The van der Waals surface area contributed by atoms with E-state index >= 15 is 0 Å². The van der Waals surface area contributed by atoms with Crippen LogP contribution in [0.1, 0.15) is 5.56 Å². The molecule has 1 aromatic carbocycles. The first-order valence-corrected chi connectivity index (χ1v) is 8.92. The van der Waals surface area contributed by atoms with E-state index in [2.05, 4.69) is 15.5 Å². The molecule has 2 saturated heterocycles. The van der Waals surface area contributed by atoms with E-state index < -0.39 is 0 Å². The number of morpholine rings is 1. The molecule has 0 bridgehead atoms. The van der Waals surface area contributed by atoms with E-state index in [1.54, 1.807) is 7.11 Å². The van der Waals surface area contributed by atoms with Gasteiger partial charge in [-0.25, -0.2) is 4.79 Å². The highest BCUT2D eigenvalue weighted by Crippen LogP contribution is 2.14. The standard InChI is InChI=1S/C18H28N4O3/c1-24-10-6-19-16-4-2-15(3-5-16)12-20-18(23)22-8-7-21-9-11-25-14-17(21)13-22/h2-5,17,19H,6-14H2,1H3,(H,20,23). The summed E-state index contributed by atoms with van der Waals surface area (Å²) in [7, 11) is 1.69. The van der Waals surface area contributed by atoms with Crippen LogP contribution in [0.15, 0.2) is 24.3 Å². The Bertz CT molecular complexity index is 552. The quantitative estimate of drug-likeness (QED) is 0.750. The van der Waals surface area contributed by atoms with Crippen LogP contribution in [0.3, 0.4) is 0 Å². The average molecular weight is 348 g/mol. The zero-order valence-corrected chi connectivity index (χ0v) is 14.9. The summed E-state index contributed by atoms with van der Waals surface area (Å²) in [6, 6.07) is 8.45. The highest BCUT2D eigenvalue weighted by atomic mass is 16.5. The molecule has 0 aromatic heterocycles. The molecule has 25 heavy (non-hydrogen) atoms. The molecule has 2 amide bonds. The first-order chi connectivity index (χ1) is 12.3. The molecule has 3 rings (SSSR count). The second kappa shape index (κ2) is 9.03. The van der Waals surface area contributed by atoms with Crippen molar-refractivity contribution < 1.29 is 14.3 Å². The summed E-state index contributed by atoms with van der Waals surface area (Å²) in [6.07, 6.45) is 0. The van der Waals surface area contributed by atoms with Gasteiger partial charge >= 0.3 is 6.03 Å². The lowest BCUT2D eigenvalue weighted by molar-refractivity contribution is -0.0365. The fourth-order valence-electron chi connectivity index (χ4n) is 3.26. The Labute approximate surface area is 149 Å². The van der Waals surface area contributed by atoms with Crippen molar-refractivity contribution in [3.8, 4) is 0 Å². The minimum atomic E-state index is 0.00696. The van der Waals surface area contributed by atoms with Gasteiger partial charge in [-0.05, 0) is 17.7 Å². The molecule has 0 spiro atoms. The number of fused-ring (bicyclic) bond motifs is 1. The van der Waals surface area contributed by atoms with E-state index in [9.17, 15) is 4.79 Å². The normalized spacial score (nSPS) is 20.8. The fraction of sp³-hybridized carbons (Fsp3) is 0.611. The number of methoxy groups -OCH3 is 1. The lowest BCUT2D eigenvalue weighted by Crippen LogP contribution is -2.60. The van der Waals surface area contributed by atoms with Crippen LogP contribution in [-0.4, -0.2) is 81.5 Å². The van der Waals surface area contributed by atoms with Crippen molar-refractivity contribution >= 4 is 11.7 Å². The van der Waals surface area contributed by atoms with Gasteiger partial charge in [0.1, 0.15) is 0 Å². The van der Waals surface area contributed by atoms with E-state index in [-0.39, 0.29) is 6.03 Å². The van der Waals surface area contributed by atoms with Gasteiger partial charge in [0.2, 0.25) is 0 Å². The molecular formula is C18H28N4O3. The number of nitrogens with zero attached hydrogens (tertiary/aromatic N) is 2. The van der Waals surface area contributed by atoms with Crippen molar-refractivity contribution in [1.82, 2.24) is 15.1 Å². The second-order valence-electron chi connectivity index (χ2n) is 6.49. The number of piperazine rings is 1. The van der Waals surface area contributed by atoms with Gasteiger partial charge in [0.25, 0.3) is 0 Å². The SMILES string of the molecule is COCCNc1ccc(CNC(=O)N2CCN3CCOCC3C2)cc1. The summed E-state index contributed by atoms with van der Waals surface area (Å²) in [5.41, 5.74) is 2.14. The number of carbonyl (C=O) groups excluding carboxylic acids is 1. The van der Waals surface area contributed by atoms with Gasteiger partial charge in [0, 0.05) is 52.1 Å². The average Bonchev–Trinajstić information content (AvgIpc) is 2.67. The van der Waals surface area contributed by atoms with E-state index in [4.69, 9.17) is 9.47 Å². The smallest absolute Gasteiger partial charge is 0.317 e. The van der Waals surface area contributed by atoms with Crippen LogP contribution in [0.5, 0.6) is 0 Å². The number of carbonyl (C=O) groups is 1. The van der Waals surface area contributed by atoms with Crippen LogP contribution in [-0.2, 0) is 16.0 Å². The van der Waals surface area contributed by atoms with Gasteiger partial charge in [0.15, 0.2) is 0 Å². The summed E-state index contributed by atoms with van der Waals surface area (Å²) in [6.45, 7) is 6.96. The maximum absolute atomic E-state index is 12.4. The van der Waals surface area contributed by atoms with Crippen molar-refractivity contribution in [1.29, 1.82) is 0 Å². The summed E-state index contributed by atoms with van der Waals surface area (Å²) in [5.74, 6) is 0. The Kier molecular flexibility index (Phi) is 6.49. The topological polar surface area (TPSA) is 66.1 Å². The van der Waals surface area contributed by atoms with Crippen LogP contribution in [0, 0.1) is 0 Å². The van der Waals surface area contributed by atoms with Crippen molar-refractivity contribution in [2.75, 3.05) is 65.0 Å². The molecule has 7 nitrogen and oxygen atoms in total. The molecule has 1 atom stereocenters. The Morgan fingerprint density at radius 3 is 2.92 bits per heavy atom. The summed E-state index contributed by atoms with van der Waals surface area (Å²) in [4.78, 5) is 16.7. The van der Waals surface area contributed by atoms with Gasteiger partial charge < -0.3 is 25.0 Å². The van der Waals surface area contributed by atoms with Gasteiger partial charge in [-0.3, -0.25) is 4.90 Å². The number of hydrogen-bond donors (Lipinski definition) is 2. The molecule has 2 N–H and O–H groups in total. The lowest BCUT2D eigenvalue weighted by atomic mass is 10.1. The maximum Gasteiger partial charge on any atom is 0.317 e. The highest BCUT2D eigenvalue weighted by molar-refractivity contribution is 5.74. The summed E-state index contributed by atoms with van der Waals surface area (Å²) >= 11 is 0. The number of anilines is 1. The van der Waals surface area contributed by atoms with E-state index in [0.29, 0.717) is 19.2 Å². The van der Waals surface area contributed by atoms with Gasteiger partial charge in [-0.15, -0.1) is 0 Å². The Morgan fingerprint density at radius 1 is 1.28 bits per heavy atom. The number of amides is 2. The van der Waals surface area contributed by atoms with Crippen molar-refractivity contribution in [3.63, 3.8) is 0 Å². The number of urea groups is 1. The molecule has 2 fully saturated rings. The number of ether oxygens (including phenoxy) is 2. The highest BCUT2D eigenvalue weighted by Gasteiger charge is 2.31. The third kappa shape index (κ3) is 5.07. The minimum Gasteiger partial charge on any atom is -0.383 e. The Morgan fingerprint density at radius 2 is 2.12 bits per heavy atom. The molecule has 1 aromatic rings. The molecule has 2 aliphatic heterocycles. The van der Waals surface area contributed by atoms with E-state index in [1.807, 2.05) is 29.2 Å². The Hall–Kier alpha value is -1.83. The number of hydrogen-bond acceptors (Lipinski definition) is 5. The minimum absolute atomic E-state index is 0.00696. The fourth-order valence-corrected chi connectivity index (χ4v) is 3.26. The lowest BCUT2D eigenvalue weighted by Gasteiger charge is -2.43. The second-order valence-corrected chi connectivity index (χ2v) is 6.49. The van der Waals surface area contributed by atoms with Crippen molar-refractivity contribution in [2.45, 2.75) is 12.6 Å².